The van der Waals surface area contributed by atoms with Crippen LogP contribution in [0.15, 0.2) is 24.3 Å². The number of hydrogen-bond acceptors (Lipinski definition) is 2. The van der Waals surface area contributed by atoms with Crippen molar-refractivity contribution >= 4 is 5.91 Å². The Hall–Kier alpha value is -1.56. The molecule has 1 aromatic rings. The summed E-state index contributed by atoms with van der Waals surface area (Å²) in [5, 5.41) is 2.71. The number of nitrogens with one attached hydrogen (secondary N) is 1. The van der Waals surface area contributed by atoms with E-state index in [0.717, 1.165) is 25.3 Å². The molecule has 3 nitrogen and oxygen atoms in total. The van der Waals surface area contributed by atoms with Gasteiger partial charge in [-0.05, 0) is 18.9 Å². The molecule has 1 aromatic carbocycles. The van der Waals surface area contributed by atoms with Gasteiger partial charge < -0.3 is 5.32 Å². The van der Waals surface area contributed by atoms with Crippen LogP contribution < -0.4 is 5.32 Å². The van der Waals surface area contributed by atoms with Crippen LogP contribution >= 0.6 is 0 Å². The minimum absolute atomic E-state index is 0.137. The fourth-order valence-electron chi connectivity index (χ4n) is 3.11. The molecule has 108 valence electrons. The first-order valence-electron chi connectivity index (χ1n) is 6.71. The van der Waals surface area contributed by atoms with Crippen molar-refractivity contribution < 1.29 is 18.0 Å². The van der Waals surface area contributed by atoms with Crippen molar-refractivity contribution in [1.82, 2.24) is 10.2 Å². The third kappa shape index (κ3) is 2.18. The van der Waals surface area contributed by atoms with Gasteiger partial charge >= 0.3 is 6.18 Å². The summed E-state index contributed by atoms with van der Waals surface area (Å²) >= 11 is 0. The summed E-state index contributed by atoms with van der Waals surface area (Å²) in [6.07, 6.45) is -2.49. The predicted octanol–water partition coefficient (Wildman–Crippen LogP) is 2.69. The minimum Gasteiger partial charge on any atom is -0.335 e. The van der Waals surface area contributed by atoms with Crippen LogP contribution in [0.2, 0.25) is 0 Å². The van der Waals surface area contributed by atoms with Crippen LogP contribution in [0, 0.1) is 0 Å². The number of benzene rings is 1. The van der Waals surface area contributed by atoms with Crippen LogP contribution in [0.25, 0.3) is 0 Å². The fraction of sp³-hybridized carbons (Fsp3) is 0.500. The third-order valence-electron chi connectivity index (χ3n) is 4.02. The van der Waals surface area contributed by atoms with E-state index in [4.69, 9.17) is 0 Å². The number of amides is 1. The highest BCUT2D eigenvalue weighted by Crippen LogP contribution is 2.39. The van der Waals surface area contributed by atoms with Gasteiger partial charge in [0.1, 0.15) is 6.17 Å². The van der Waals surface area contributed by atoms with Crippen molar-refractivity contribution in [3.8, 4) is 0 Å². The Balaban J connectivity index is 1.99. The highest BCUT2D eigenvalue weighted by Gasteiger charge is 2.44. The van der Waals surface area contributed by atoms with Crippen molar-refractivity contribution in [3.05, 3.63) is 35.4 Å². The molecule has 6 heteroatoms. The molecule has 2 fully saturated rings. The van der Waals surface area contributed by atoms with Crippen molar-refractivity contribution in [3.63, 3.8) is 0 Å². The summed E-state index contributed by atoms with van der Waals surface area (Å²) < 4.78 is 39.3. The van der Waals surface area contributed by atoms with E-state index >= 15 is 0 Å². The van der Waals surface area contributed by atoms with Crippen molar-refractivity contribution in [2.75, 3.05) is 6.54 Å². The lowest BCUT2D eigenvalue weighted by Crippen LogP contribution is -2.38. The number of rotatable bonds is 1. The molecule has 2 atom stereocenters. The van der Waals surface area contributed by atoms with Gasteiger partial charge in [-0.2, -0.15) is 13.2 Å². The Kier molecular flexibility index (Phi) is 3.20. The first-order chi connectivity index (χ1) is 9.48. The monoisotopic (exact) mass is 284 g/mol. The van der Waals surface area contributed by atoms with Gasteiger partial charge in [0, 0.05) is 12.1 Å². The van der Waals surface area contributed by atoms with Gasteiger partial charge in [-0.15, -0.1) is 0 Å². The topological polar surface area (TPSA) is 32.3 Å². The van der Waals surface area contributed by atoms with Crippen molar-refractivity contribution in [1.29, 1.82) is 0 Å². The van der Waals surface area contributed by atoms with Crippen LogP contribution in [0.3, 0.4) is 0 Å². The summed E-state index contributed by atoms with van der Waals surface area (Å²) in [7, 11) is 0. The average Bonchev–Trinajstić information content (AvgIpc) is 2.76. The molecule has 2 aliphatic rings. The second kappa shape index (κ2) is 4.77. The zero-order valence-electron chi connectivity index (χ0n) is 10.8. The Morgan fingerprint density at radius 3 is 2.70 bits per heavy atom. The number of halogens is 3. The van der Waals surface area contributed by atoms with Crippen molar-refractivity contribution in [2.45, 2.75) is 37.6 Å². The lowest BCUT2D eigenvalue weighted by Gasteiger charge is -2.32. The van der Waals surface area contributed by atoms with E-state index in [9.17, 15) is 18.0 Å². The first kappa shape index (κ1) is 13.4. The first-order valence-corrected chi connectivity index (χ1v) is 6.71. The number of hydrogen-bond donors (Lipinski definition) is 1. The van der Waals surface area contributed by atoms with Gasteiger partial charge in [0.05, 0.1) is 11.6 Å². The van der Waals surface area contributed by atoms with Gasteiger partial charge in [-0.1, -0.05) is 24.6 Å². The molecule has 2 saturated heterocycles. The zero-order chi connectivity index (χ0) is 14.3. The molecular formula is C14H15F3N2O. The smallest absolute Gasteiger partial charge is 0.335 e. The standard InChI is InChI=1S/C14H15F3N2O/c15-14(16,17)10-6-2-1-5-9(10)12-18-13(20)11-7-3-4-8-19(11)12/h1-2,5-6,11-12H,3-4,7-8H2,(H,18,20). The van der Waals surface area contributed by atoms with E-state index in [1.165, 1.54) is 12.1 Å². The normalized spacial score (nSPS) is 27.2. The molecule has 0 bridgehead atoms. The van der Waals surface area contributed by atoms with E-state index in [1.807, 2.05) is 4.90 Å². The maximum Gasteiger partial charge on any atom is 0.416 e. The molecule has 0 radical (unpaired) electrons. The van der Waals surface area contributed by atoms with E-state index in [1.54, 1.807) is 6.07 Å². The highest BCUT2D eigenvalue weighted by atomic mass is 19.4. The van der Waals surface area contributed by atoms with Crippen LogP contribution in [0.4, 0.5) is 13.2 Å². The molecule has 0 spiro atoms. The van der Waals surface area contributed by atoms with Crippen LogP contribution in [0.1, 0.15) is 36.6 Å². The zero-order valence-corrected chi connectivity index (χ0v) is 10.8. The SMILES string of the molecule is O=C1NC(c2ccccc2C(F)(F)F)N2CCCCC12. The Labute approximate surface area is 114 Å². The maximum absolute atomic E-state index is 13.1. The molecule has 2 unspecified atom stereocenters. The molecule has 1 amide bonds. The number of piperidine rings is 1. The number of carbonyl (C=O) groups is 1. The number of nitrogens with zero attached hydrogens (tertiary/aromatic N) is 1. The Morgan fingerprint density at radius 1 is 1.20 bits per heavy atom. The molecule has 3 rings (SSSR count). The maximum atomic E-state index is 13.1. The lowest BCUT2D eigenvalue weighted by atomic mass is 10.00. The number of carbonyl (C=O) groups excluding carboxylic acids is 1. The Morgan fingerprint density at radius 2 is 1.95 bits per heavy atom. The van der Waals surface area contributed by atoms with Crippen LogP contribution in [-0.2, 0) is 11.0 Å². The fourth-order valence-corrected chi connectivity index (χ4v) is 3.11. The number of alkyl halides is 3. The second-order valence-corrected chi connectivity index (χ2v) is 5.25. The molecular weight excluding hydrogens is 269 g/mol. The summed E-state index contributed by atoms with van der Waals surface area (Å²) in [4.78, 5) is 13.8. The summed E-state index contributed by atoms with van der Waals surface area (Å²) in [6, 6.07) is 5.18. The molecule has 2 aliphatic heterocycles. The van der Waals surface area contributed by atoms with Gasteiger partial charge in [-0.25, -0.2) is 0 Å². The average molecular weight is 284 g/mol. The largest absolute Gasteiger partial charge is 0.416 e. The van der Waals surface area contributed by atoms with E-state index in [2.05, 4.69) is 5.32 Å². The predicted molar refractivity (Wildman–Crippen MR) is 66.7 cm³/mol. The summed E-state index contributed by atoms with van der Waals surface area (Å²) in [6.45, 7) is 0.653. The lowest BCUT2D eigenvalue weighted by molar-refractivity contribution is -0.139. The van der Waals surface area contributed by atoms with Crippen LogP contribution in [0.5, 0.6) is 0 Å². The highest BCUT2D eigenvalue weighted by molar-refractivity contribution is 5.84. The van der Waals surface area contributed by atoms with Gasteiger partial charge in [0.25, 0.3) is 0 Å². The quantitative estimate of drug-likeness (QED) is 0.860. The van der Waals surface area contributed by atoms with Gasteiger partial charge in [-0.3, -0.25) is 9.69 Å². The minimum atomic E-state index is -4.41. The molecule has 0 aromatic heterocycles. The van der Waals surface area contributed by atoms with E-state index in [-0.39, 0.29) is 17.5 Å². The van der Waals surface area contributed by atoms with E-state index < -0.39 is 17.9 Å². The molecule has 2 heterocycles. The number of fused-ring (bicyclic) bond motifs is 1. The summed E-state index contributed by atoms with van der Waals surface area (Å²) in [5.74, 6) is -0.160. The molecule has 20 heavy (non-hydrogen) atoms. The van der Waals surface area contributed by atoms with Gasteiger partial charge in [0.2, 0.25) is 5.91 Å². The molecule has 0 saturated carbocycles. The Bertz CT molecular complexity index is 529. The molecule has 0 aliphatic carbocycles. The van der Waals surface area contributed by atoms with E-state index in [0.29, 0.717) is 6.54 Å². The van der Waals surface area contributed by atoms with Gasteiger partial charge in [0.15, 0.2) is 0 Å². The van der Waals surface area contributed by atoms with Crippen LogP contribution in [-0.4, -0.2) is 23.4 Å². The van der Waals surface area contributed by atoms with Crippen molar-refractivity contribution in [2.24, 2.45) is 0 Å². The summed E-state index contributed by atoms with van der Waals surface area (Å²) in [5.41, 5.74) is -0.533. The third-order valence-corrected chi connectivity index (χ3v) is 4.02. The molecule has 1 N–H and O–H groups in total. The second-order valence-electron chi connectivity index (χ2n) is 5.25.